The maximum absolute atomic E-state index is 13.4. The number of aromatic nitrogens is 1. The molecule has 8 heteroatoms. The number of rotatable bonds is 10. The zero-order chi connectivity index (χ0) is 27.3. The van der Waals surface area contributed by atoms with Crippen molar-refractivity contribution in [3.05, 3.63) is 56.0 Å². The first-order chi connectivity index (χ1) is 17.6. The van der Waals surface area contributed by atoms with Gasteiger partial charge in [-0.1, -0.05) is 0 Å². The molecule has 1 aromatic heterocycles. The molecule has 8 nitrogen and oxygen atoms in total. The number of hydrogen-bond donors (Lipinski definition) is 4. The Balaban J connectivity index is 1.93. The van der Waals surface area contributed by atoms with E-state index in [1.54, 1.807) is 0 Å². The lowest BCUT2D eigenvalue weighted by Crippen LogP contribution is -2.40. The number of nitrogens with one attached hydrogen (secondary N) is 4. The van der Waals surface area contributed by atoms with Gasteiger partial charge in [-0.15, -0.1) is 0 Å². The van der Waals surface area contributed by atoms with Crippen molar-refractivity contribution in [3.8, 4) is 0 Å². The fraction of sp³-hybridized carbons (Fsp3) is 0.552. The highest BCUT2D eigenvalue weighted by Gasteiger charge is 2.29. The van der Waals surface area contributed by atoms with E-state index in [9.17, 15) is 9.59 Å². The first-order valence-corrected chi connectivity index (χ1v) is 13.4. The van der Waals surface area contributed by atoms with Gasteiger partial charge in [0, 0.05) is 67.0 Å². The number of H-pyrrole nitrogens is 1. The normalized spacial score (nSPS) is 17.5. The van der Waals surface area contributed by atoms with Gasteiger partial charge in [-0.2, -0.15) is 0 Å². The van der Waals surface area contributed by atoms with Crippen LogP contribution in [-0.4, -0.2) is 62.3 Å². The van der Waals surface area contributed by atoms with Gasteiger partial charge in [-0.05, 0) is 96.7 Å². The summed E-state index contributed by atoms with van der Waals surface area (Å²) >= 11 is 0. The van der Waals surface area contributed by atoms with Crippen molar-refractivity contribution >= 4 is 23.5 Å². The summed E-state index contributed by atoms with van der Waals surface area (Å²) < 4.78 is 0. The van der Waals surface area contributed by atoms with Crippen molar-refractivity contribution in [1.29, 1.82) is 5.41 Å². The van der Waals surface area contributed by atoms with Gasteiger partial charge in [0.2, 0.25) is 0 Å². The number of amides is 1. The Morgan fingerprint density at radius 3 is 2.38 bits per heavy atom. The van der Waals surface area contributed by atoms with Gasteiger partial charge in [0.25, 0.3) is 11.5 Å². The SMILES string of the molecule is CCN(c1c(C)c(C(=O)NCc2c(C)cc(C)[nH]c2=O)cc(NC)c1C=N)C1CCC(CN(C)C)CC1. The monoisotopic (exact) mass is 508 g/mol. The van der Waals surface area contributed by atoms with Crippen LogP contribution < -0.4 is 21.1 Å². The van der Waals surface area contributed by atoms with Crippen molar-refractivity contribution < 1.29 is 4.79 Å². The summed E-state index contributed by atoms with van der Waals surface area (Å²) in [5.41, 5.74) is 5.98. The number of nitrogens with zero attached hydrogens (tertiary/aromatic N) is 2. The largest absolute Gasteiger partial charge is 0.388 e. The fourth-order valence-corrected chi connectivity index (χ4v) is 5.87. The van der Waals surface area contributed by atoms with E-state index in [-0.39, 0.29) is 18.0 Å². The molecule has 1 aliphatic rings. The van der Waals surface area contributed by atoms with Gasteiger partial charge in [-0.25, -0.2) is 0 Å². The highest BCUT2D eigenvalue weighted by Crippen LogP contribution is 2.38. The molecule has 0 bridgehead atoms. The Kier molecular flexibility index (Phi) is 9.54. The van der Waals surface area contributed by atoms with Crippen LogP contribution in [0.5, 0.6) is 0 Å². The number of aryl methyl sites for hydroxylation is 2. The maximum atomic E-state index is 13.4. The lowest BCUT2D eigenvalue weighted by atomic mass is 9.84. The van der Waals surface area contributed by atoms with Crippen molar-refractivity contribution in [3.63, 3.8) is 0 Å². The van der Waals surface area contributed by atoms with Crippen LogP contribution in [0.15, 0.2) is 16.9 Å². The quantitative estimate of drug-likeness (QED) is 0.360. The number of anilines is 2. The molecule has 4 N–H and O–H groups in total. The summed E-state index contributed by atoms with van der Waals surface area (Å²) in [4.78, 5) is 33.4. The van der Waals surface area contributed by atoms with E-state index in [0.717, 1.165) is 59.7 Å². The summed E-state index contributed by atoms with van der Waals surface area (Å²) in [5, 5.41) is 14.4. The molecule has 37 heavy (non-hydrogen) atoms. The smallest absolute Gasteiger partial charge is 0.253 e. The van der Waals surface area contributed by atoms with Crippen LogP contribution in [0.2, 0.25) is 0 Å². The topological polar surface area (TPSA) is 104 Å². The Bertz CT molecular complexity index is 1180. The van der Waals surface area contributed by atoms with Gasteiger partial charge in [0.15, 0.2) is 0 Å². The number of carbonyl (C=O) groups excluding carboxylic acids is 1. The summed E-state index contributed by atoms with van der Waals surface area (Å²) in [5.74, 6) is 0.489. The summed E-state index contributed by atoms with van der Waals surface area (Å²) in [6.07, 6.45) is 5.96. The standard InChI is InChI=1S/C29H44N6O2/c1-8-35(22-11-9-21(10-12-22)17-34(6)7)27-20(4)23(14-26(31-5)24(27)15-30)28(36)32-16-25-18(2)13-19(3)33-29(25)37/h13-15,21-22,30-31H,8-12,16-17H2,1-7H3,(H,32,36)(H,33,37). The molecule has 1 saturated carbocycles. The second-order valence-electron chi connectivity index (χ2n) is 10.6. The molecule has 0 radical (unpaired) electrons. The zero-order valence-electron chi connectivity index (χ0n) is 23.5. The van der Waals surface area contributed by atoms with Gasteiger partial charge in [0.1, 0.15) is 0 Å². The van der Waals surface area contributed by atoms with E-state index in [1.165, 1.54) is 19.1 Å². The molecule has 1 amide bonds. The Morgan fingerprint density at radius 2 is 1.84 bits per heavy atom. The molecule has 1 heterocycles. The average molecular weight is 509 g/mol. The summed E-state index contributed by atoms with van der Waals surface area (Å²) in [7, 11) is 6.09. The molecule has 202 valence electrons. The van der Waals surface area contributed by atoms with Crippen LogP contribution in [0, 0.1) is 32.1 Å². The number of pyridine rings is 1. The second kappa shape index (κ2) is 12.4. The molecule has 0 aliphatic heterocycles. The zero-order valence-corrected chi connectivity index (χ0v) is 23.5. The molecule has 0 unspecified atom stereocenters. The predicted octanol–water partition coefficient (Wildman–Crippen LogP) is 4.22. The number of benzene rings is 1. The second-order valence-corrected chi connectivity index (χ2v) is 10.6. The third kappa shape index (κ3) is 6.42. The minimum absolute atomic E-state index is 0.156. The van der Waals surface area contributed by atoms with E-state index in [2.05, 4.69) is 46.4 Å². The molecule has 0 spiro atoms. The van der Waals surface area contributed by atoms with Crippen LogP contribution in [0.1, 0.15) is 70.9 Å². The summed E-state index contributed by atoms with van der Waals surface area (Å²) in [6.45, 7) is 9.93. The van der Waals surface area contributed by atoms with Gasteiger partial charge in [0.05, 0.1) is 5.69 Å². The van der Waals surface area contributed by atoms with E-state index in [0.29, 0.717) is 23.1 Å². The molecule has 1 aromatic carbocycles. The lowest BCUT2D eigenvalue weighted by Gasteiger charge is -2.40. The first kappa shape index (κ1) is 28.4. The molecular weight excluding hydrogens is 464 g/mol. The highest BCUT2D eigenvalue weighted by atomic mass is 16.1. The van der Waals surface area contributed by atoms with Crippen molar-refractivity contribution in [2.75, 3.05) is 44.4 Å². The maximum Gasteiger partial charge on any atom is 0.253 e. The minimum Gasteiger partial charge on any atom is -0.388 e. The predicted molar refractivity (Wildman–Crippen MR) is 154 cm³/mol. The van der Waals surface area contributed by atoms with Crippen molar-refractivity contribution in [2.24, 2.45) is 5.92 Å². The van der Waals surface area contributed by atoms with E-state index >= 15 is 0 Å². The highest BCUT2D eigenvalue weighted by molar-refractivity contribution is 6.03. The van der Waals surface area contributed by atoms with Gasteiger partial charge >= 0.3 is 0 Å². The third-order valence-corrected chi connectivity index (χ3v) is 7.68. The van der Waals surface area contributed by atoms with Crippen LogP contribution in [0.25, 0.3) is 0 Å². The fourth-order valence-electron chi connectivity index (χ4n) is 5.87. The van der Waals surface area contributed by atoms with Crippen LogP contribution in [0.3, 0.4) is 0 Å². The molecule has 3 rings (SSSR count). The van der Waals surface area contributed by atoms with Gasteiger partial charge in [-0.3, -0.25) is 9.59 Å². The molecule has 0 saturated heterocycles. The summed E-state index contributed by atoms with van der Waals surface area (Å²) in [6, 6.07) is 4.11. The number of hydrogen-bond acceptors (Lipinski definition) is 6. The third-order valence-electron chi connectivity index (χ3n) is 7.68. The van der Waals surface area contributed by atoms with Crippen molar-refractivity contribution in [2.45, 2.75) is 66.0 Å². The van der Waals surface area contributed by atoms with Gasteiger partial charge < -0.3 is 30.8 Å². The number of carbonyl (C=O) groups is 1. The molecule has 0 atom stereocenters. The first-order valence-electron chi connectivity index (χ1n) is 13.4. The molecule has 1 fully saturated rings. The van der Waals surface area contributed by atoms with Crippen LogP contribution in [0.4, 0.5) is 11.4 Å². The van der Waals surface area contributed by atoms with Crippen LogP contribution >= 0.6 is 0 Å². The van der Waals surface area contributed by atoms with Crippen LogP contribution in [-0.2, 0) is 6.54 Å². The molecule has 2 aromatic rings. The van der Waals surface area contributed by atoms with Crippen molar-refractivity contribution in [1.82, 2.24) is 15.2 Å². The lowest BCUT2D eigenvalue weighted by molar-refractivity contribution is 0.0950. The van der Waals surface area contributed by atoms with E-state index in [1.807, 2.05) is 40.0 Å². The van der Waals surface area contributed by atoms with E-state index in [4.69, 9.17) is 5.41 Å². The molecule has 1 aliphatic carbocycles. The average Bonchev–Trinajstić information content (AvgIpc) is 2.84. The Labute approximate surface area is 221 Å². The Morgan fingerprint density at radius 1 is 1.16 bits per heavy atom. The minimum atomic E-state index is -0.225. The number of aromatic amines is 1. The Hall–Kier alpha value is -3.13. The molecular formula is C29H44N6O2. The van der Waals surface area contributed by atoms with E-state index < -0.39 is 0 Å².